The van der Waals surface area contributed by atoms with E-state index in [9.17, 15) is 9.59 Å². The average Bonchev–Trinajstić information content (AvgIpc) is 3.04. The number of carbonyl (C=O) groups is 2. The largest absolute Gasteiger partial charge is 0.326 e. The van der Waals surface area contributed by atoms with Crippen LogP contribution in [0.4, 0.5) is 11.4 Å². The van der Waals surface area contributed by atoms with Gasteiger partial charge in [0.05, 0.1) is 11.7 Å². The van der Waals surface area contributed by atoms with Crippen LogP contribution in [0, 0.1) is 6.92 Å². The second-order valence-corrected chi connectivity index (χ2v) is 8.55. The summed E-state index contributed by atoms with van der Waals surface area (Å²) < 4.78 is 1.72. The van der Waals surface area contributed by atoms with E-state index in [1.54, 1.807) is 42.8 Å². The van der Waals surface area contributed by atoms with Crippen LogP contribution in [0.3, 0.4) is 0 Å². The van der Waals surface area contributed by atoms with Crippen molar-refractivity contribution in [1.29, 1.82) is 0 Å². The van der Waals surface area contributed by atoms with E-state index in [0.29, 0.717) is 21.7 Å². The van der Waals surface area contributed by atoms with Gasteiger partial charge in [-0.1, -0.05) is 41.1 Å². The molecule has 0 fully saturated rings. The lowest BCUT2D eigenvalue weighted by Gasteiger charge is -2.12. The Kier molecular flexibility index (Phi) is 7.12. The second kappa shape index (κ2) is 9.77. The number of hydrogen-bond acceptors (Lipinski definition) is 5. The van der Waals surface area contributed by atoms with Crippen molar-refractivity contribution in [3.8, 4) is 0 Å². The number of rotatable bonds is 7. The fraction of sp³-hybridized carbons (Fsp3) is 0.238. The molecule has 3 aromatic rings. The Labute approximate surface area is 184 Å². The molecule has 1 heterocycles. The van der Waals surface area contributed by atoms with Crippen molar-refractivity contribution in [1.82, 2.24) is 14.8 Å². The molecule has 1 unspecified atom stereocenters. The van der Waals surface area contributed by atoms with Gasteiger partial charge in [0.15, 0.2) is 5.16 Å². The van der Waals surface area contributed by atoms with E-state index in [1.807, 2.05) is 31.2 Å². The lowest BCUT2D eigenvalue weighted by atomic mass is 10.2. The fourth-order valence-electron chi connectivity index (χ4n) is 2.58. The van der Waals surface area contributed by atoms with Crippen LogP contribution in [0.15, 0.2) is 53.7 Å². The minimum absolute atomic E-state index is 0.0661. The number of benzene rings is 2. The first kappa shape index (κ1) is 21.9. The predicted molar refractivity (Wildman–Crippen MR) is 120 cm³/mol. The number of carbonyl (C=O) groups excluding carboxylic acids is 2. The summed E-state index contributed by atoms with van der Waals surface area (Å²) in [4.78, 5) is 24.8. The van der Waals surface area contributed by atoms with Crippen LogP contribution in [0.2, 0.25) is 5.02 Å². The molecule has 2 N–H and O–H groups in total. The van der Waals surface area contributed by atoms with Crippen LogP contribution in [-0.2, 0) is 23.1 Å². The summed E-state index contributed by atoms with van der Waals surface area (Å²) in [6.45, 7) is 3.79. The average molecular weight is 444 g/mol. The molecule has 156 valence electrons. The van der Waals surface area contributed by atoms with E-state index < -0.39 is 0 Å². The molecule has 0 aliphatic heterocycles. The Bertz CT molecular complexity index is 1030. The number of hydrogen-bond donors (Lipinski definition) is 2. The van der Waals surface area contributed by atoms with Crippen LogP contribution in [0.1, 0.15) is 18.3 Å². The molecule has 0 radical (unpaired) electrons. The number of halogens is 1. The molecule has 9 heteroatoms. The molecule has 3 rings (SSSR count). The molecule has 0 bridgehead atoms. The minimum Gasteiger partial charge on any atom is -0.326 e. The number of anilines is 2. The smallest absolute Gasteiger partial charge is 0.237 e. The molecule has 0 spiro atoms. The third-order valence-electron chi connectivity index (χ3n) is 4.34. The zero-order valence-corrected chi connectivity index (χ0v) is 18.4. The predicted octanol–water partition coefficient (Wildman–Crippen LogP) is 4.08. The highest BCUT2D eigenvalue weighted by Crippen LogP contribution is 2.23. The molecule has 0 aliphatic carbocycles. The van der Waals surface area contributed by atoms with Gasteiger partial charge in [0.25, 0.3) is 0 Å². The summed E-state index contributed by atoms with van der Waals surface area (Å²) in [7, 11) is 1.78. The first-order chi connectivity index (χ1) is 14.3. The first-order valence-electron chi connectivity index (χ1n) is 9.29. The number of aromatic nitrogens is 3. The Balaban J connectivity index is 1.57. The van der Waals surface area contributed by atoms with E-state index in [4.69, 9.17) is 11.6 Å². The van der Waals surface area contributed by atoms with Gasteiger partial charge in [-0.05, 0) is 50.2 Å². The van der Waals surface area contributed by atoms with E-state index >= 15 is 0 Å². The maximum absolute atomic E-state index is 12.5. The summed E-state index contributed by atoms with van der Waals surface area (Å²) in [5.41, 5.74) is 2.53. The number of aryl methyl sites for hydroxylation is 1. The SMILES string of the molecule is Cc1ccc(NC(=O)C(C)Sc2nnc(CC(=O)Nc3ccc(Cl)cc3)n2C)cc1. The fourth-order valence-corrected chi connectivity index (χ4v) is 3.54. The van der Waals surface area contributed by atoms with Crippen LogP contribution in [0.5, 0.6) is 0 Å². The maximum atomic E-state index is 12.5. The summed E-state index contributed by atoms with van der Waals surface area (Å²) >= 11 is 7.14. The molecule has 1 aromatic heterocycles. The highest BCUT2D eigenvalue weighted by atomic mass is 35.5. The molecule has 1 atom stereocenters. The van der Waals surface area contributed by atoms with E-state index in [1.165, 1.54) is 11.8 Å². The Morgan fingerprint density at radius 1 is 1.03 bits per heavy atom. The van der Waals surface area contributed by atoms with Crippen LogP contribution in [-0.4, -0.2) is 31.8 Å². The molecule has 30 heavy (non-hydrogen) atoms. The lowest BCUT2D eigenvalue weighted by Crippen LogP contribution is -2.23. The molecule has 0 saturated carbocycles. The van der Waals surface area contributed by atoms with Gasteiger partial charge in [0, 0.05) is 23.4 Å². The monoisotopic (exact) mass is 443 g/mol. The van der Waals surface area contributed by atoms with Crippen LogP contribution in [0.25, 0.3) is 0 Å². The summed E-state index contributed by atoms with van der Waals surface area (Å²) in [6, 6.07) is 14.5. The molecule has 2 amide bonds. The second-order valence-electron chi connectivity index (χ2n) is 6.81. The number of amides is 2. The zero-order valence-electron chi connectivity index (χ0n) is 16.8. The van der Waals surface area contributed by atoms with E-state index in [-0.39, 0.29) is 23.5 Å². The lowest BCUT2D eigenvalue weighted by molar-refractivity contribution is -0.116. The summed E-state index contributed by atoms with van der Waals surface area (Å²) in [5.74, 6) is 0.165. The number of nitrogens with zero attached hydrogens (tertiary/aromatic N) is 3. The Morgan fingerprint density at radius 2 is 1.63 bits per heavy atom. The van der Waals surface area contributed by atoms with Crippen molar-refractivity contribution in [3.05, 3.63) is 64.9 Å². The Hall–Kier alpha value is -2.84. The third kappa shape index (κ3) is 5.84. The minimum atomic E-state index is -0.384. The van der Waals surface area contributed by atoms with Gasteiger partial charge >= 0.3 is 0 Å². The van der Waals surface area contributed by atoms with Gasteiger partial charge in [-0.3, -0.25) is 9.59 Å². The molecule has 7 nitrogen and oxygen atoms in total. The van der Waals surface area contributed by atoms with Crippen molar-refractivity contribution in [2.75, 3.05) is 10.6 Å². The van der Waals surface area contributed by atoms with Crippen molar-refractivity contribution in [2.45, 2.75) is 30.7 Å². The number of thioether (sulfide) groups is 1. The molecule has 2 aromatic carbocycles. The maximum Gasteiger partial charge on any atom is 0.237 e. The van der Waals surface area contributed by atoms with E-state index in [0.717, 1.165) is 11.3 Å². The topological polar surface area (TPSA) is 88.9 Å². The standard InChI is InChI=1S/C21H22ClN5O2S/c1-13-4-8-17(9-5-13)24-20(29)14(2)30-21-26-25-18(27(21)3)12-19(28)23-16-10-6-15(22)7-11-16/h4-11,14H,12H2,1-3H3,(H,23,28)(H,24,29). The third-order valence-corrected chi connectivity index (χ3v) is 5.73. The molecular formula is C21H22ClN5O2S. The van der Waals surface area contributed by atoms with Crippen molar-refractivity contribution < 1.29 is 9.59 Å². The quantitative estimate of drug-likeness (QED) is 0.537. The first-order valence-corrected chi connectivity index (χ1v) is 10.6. The molecule has 0 saturated heterocycles. The van der Waals surface area contributed by atoms with Crippen LogP contribution < -0.4 is 10.6 Å². The number of nitrogens with one attached hydrogen (secondary N) is 2. The molecular weight excluding hydrogens is 422 g/mol. The summed E-state index contributed by atoms with van der Waals surface area (Å²) in [6.07, 6.45) is 0.0661. The van der Waals surface area contributed by atoms with Gasteiger partial charge in [-0.2, -0.15) is 0 Å². The highest BCUT2D eigenvalue weighted by molar-refractivity contribution is 8.00. The van der Waals surface area contributed by atoms with Gasteiger partial charge < -0.3 is 15.2 Å². The van der Waals surface area contributed by atoms with Crippen molar-refractivity contribution >= 4 is 46.6 Å². The van der Waals surface area contributed by atoms with Gasteiger partial charge in [-0.25, -0.2) is 0 Å². The summed E-state index contributed by atoms with van der Waals surface area (Å²) in [5, 5.41) is 14.7. The normalized spacial score (nSPS) is 11.7. The van der Waals surface area contributed by atoms with Crippen molar-refractivity contribution in [3.63, 3.8) is 0 Å². The Morgan fingerprint density at radius 3 is 2.30 bits per heavy atom. The van der Waals surface area contributed by atoms with Gasteiger partial charge in [0.2, 0.25) is 11.8 Å². The van der Waals surface area contributed by atoms with Gasteiger partial charge in [0.1, 0.15) is 5.82 Å². The zero-order chi connectivity index (χ0) is 21.7. The van der Waals surface area contributed by atoms with Crippen LogP contribution >= 0.6 is 23.4 Å². The van der Waals surface area contributed by atoms with Crippen molar-refractivity contribution in [2.24, 2.45) is 7.05 Å². The van der Waals surface area contributed by atoms with Gasteiger partial charge in [-0.15, -0.1) is 10.2 Å². The highest BCUT2D eigenvalue weighted by Gasteiger charge is 2.20. The molecule has 0 aliphatic rings. The van der Waals surface area contributed by atoms with E-state index in [2.05, 4.69) is 20.8 Å².